The molecular weight excluding hydrogens is 388 g/mol. The smallest absolute Gasteiger partial charge is 0.324 e. The quantitative estimate of drug-likeness (QED) is 0.606. The van der Waals surface area contributed by atoms with Crippen molar-refractivity contribution >= 4 is 23.4 Å². The van der Waals surface area contributed by atoms with Crippen LogP contribution in [0.5, 0.6) is 0 Å². The van der Waals surface area contributed by atoms with Crippen LogP contribution >= 0.6 is 0 Å². The molecule has 4 amide bonds. The zero-order valence-electron chi connectivity index (χ0n) is 17.3. The molecule has 1 fully saturated rings. The number of rotatable bonds is 6. The highest BCUT2D eigenvalue weighted by atomic mass is 16.2. The molecule has 0 spiro atoms. The maximum atomic E-state index is 13.1. The first-order valence-corrected chi connectivity index (χ1v) is 10.5. The summed E-state index contributed by atoms with van der Waals surface area (Å²) < 4.78 is 0. The van der Waals surface area contributed by atoms with Crippen LogP contribution in [-0.2, 0) is 13.1 Å². The molecule has 4 rings (SSSR count). The number of carbonyl (C=O) groups is 2. The Morgan fingerprint density at radius 3 is 2.29 bits per heavy atom. The van der Waals surface area contributed by atoms with Crippen LogP contribution in [0.4, 0.5) is 21.0 Å². The average Bonchev–Trinajstić information content (AvgIpc) is 2.81. The molecule has 0 aliphatic carbocycles. The number of carbonyl (C=O) groups excluding carboxylic acids is 2. The van der Waals surface area contributed by atoms with E-state index in [2.05, 4.69) is 10.6 Å². The van der Waals surface area contributed by atoms with Gasteiger partial charge < -0.3 is 15.5 Å². The molecule has 6 heteroatoms. The maximum absolute atomic E-state index is 13.1. The van der Waals surface area contributed by atoms with Gasteiger partial charge in [0.2, 0.25) is 0 Å². The van der Waals surface area contributed by atoms with Gasteiger partial charge >= 0.3 is 12.1 Å². The summed E-state index contributed by atoms with van der Waals surface area (Å²) in [5.74, 6) is 0. The highest BCUT2D eigenvalue weighted by molar-refractivity contribution is 5.95. The number of amides is 4. The van der Waals surface area contributed by atoms with Crippen LogP contribution < -0.4 is 15.5 Å². The summed E-state index contributed by atoms with van der Waals surface area (Å²) in [5, 5.41) is 5.71. The average molecular weight is 415 g/mol. The Morgan fingerprint density at radius 2 is 1.55 bits per heavy atom. The first-order chi connectivity index (χ1) is 15.2. The molecule has 0 bridgehead atoms. The lowest BCUT2D eigenvalue weighted by molar-refractivity contribution is 0.192. The van der Waals surface area contributed by atoms with Crippen molar-refractivity contribution in [2.75, 3.05) is 23.3 Å². The normalized spacial score (nSPS) is 13.7. The van der Waals surface area contributed by atoms with E-state index in [0.29, 0.717) is 25.3 Å². The second kappa shape index (κ2) is 9.80. The van der Waals surface area contributed by atoms with Crippen LogP contribution in [0.3, 0.4) is 0 Å². The van der Waals surface area contributed by atoms with Crippen LogP contribution in [0.1, 0.15) is 17.5 Å². The molecule has 1 saturated heterocycles. The predicted octanol–water partition coefficient (Wildman–Crippen LogP) is 4.84. The van der Waals surface area contributed by atoms with Gasteiger partial charge in [0, 0.05) is 37.6 Å². The fourth-order valence-corrected chi connectivity index (χ4v) is 3.68. The lowest BCUT2D eigenvalue weighted by Crippen LogP contribution is -2.49. The lowest BCUT2D eigenvalue weighted by atomic mass is 10.1. The van der Waals surface area contributed by atoms with Gasteiger partial charge in [-0.05, 0) is 35.7 Å². The van der Waals surface area contributed by atoms with Crippen LogP contribution in [0.25, 0.3) is 0 Å². The van der Waals surface area contributed by atoms with Crippen molar-refractivity contribution in [3.8, 4) is 0 Å². The Hall–Kier alpha value is -3.80. The van der Waals surface area contributed by atoms with Crippen molar-refractivity contribution in [3.63, 3.8) is 0 Å². The summed E-state index contributed by atoms with van der Waals surface area (Å²) in [6.07, 6.45) is 0.897. The Morgan fingerprint density at radius 1 is 0.839 bits per heavy atom. The molecule has 1 aliphatic rings. The van der Waals surface area contributed by atoms with Gasteiger partial charge in [0.15, 0.2) is 0 Å². The largest absolute Gasteiger partial charge is 0.334 e. The van der Waals surface area contributed by atoms with Gasteiger partial charge in [0.05, 0.1) is 0 Å². The number of nitrogens with one attached hydrogen (secondary N) is 2. The summed E-state index contributed by atoms with van der Waals surface area (Å²) >= 11 is 0. The third-order valence-electron chi connectivity index (χ3n) is 5.24. The zero-order valence-corrected chi connectivity index (χ0v) is 17.3. The van der Waals surface area contributed by atoms with Gasteiger partial charge in [-0.1, -0.05) is 66.7 Å². The van der Waals surface area contributed by atoms with Crippen LogP contribution in [0.15, 0.2) is 84.9 Å². The van der Waals surface area contributed by atoms with Gasteiger partial charge in [-0.25, -0.2) is 9.59 Å². The summed E-state index contributed by atoms with van der Waals surface area (Å²) in [4.78, 5) is 29.0. The van der Waals surface area contributed by atoms with Crippen molar-refractivity contribution in [3.05, 3.63) is 96.1 Å². The van der Waals surface area contributed by atoms with Gasteiger partial charge in [0.1, 0.15) is 0 Å². The predicted molar refractivity (Wildman–Crippen MR) is 123 cm³/mol. The molecule has 1 heterocycles. The molecule has 0 aromatic heterocycles. The van der Waals surface area contributed by atoms with E-state index in [-0.39, 0.29) is 12.1 Å². The first-order valence-electron chi connectivity index (χ1n) is 10.5. The van der Waals surface area contributed by atoms with E-state index in [9.17, 15) is 9.59 Å². The number of hydrogen-bond donors (Lipinski definition) is 2. The molecule has 31 heavy (non-hydrogen) atoms. The summed E-state index contributed by atoms with van der Waals surface area (Å²) in [6, 6.07) is 26.9. The standard InChI is InChI=1S/C25H26N4O2/c30-24(26-18-20-9-3-1-4-10-20)27-22-13-7-14-23(17-22)29-16-8-15-28(25(29)31)19-21-11-5-2-6-12-21/h1-7,9-14,17H,8,15-16,18-19H2,(H2,26,27,30). The summed E-state index contributed by atoms with van der Waals surface area (Å²) in [6.45, 7) is 2.44. The van der Waals surface area contributed by atoms with Crippen molar-refractivity contribution < 1.29 is 9.59 Å². The van der Waals surface area contributed by atoms with E-state index in [1.807, 2.05) is 89.8 Å². The first kappa shape index (κ1) is 20.5. The molecule has 1 aliphatic heterocycles. The third kappa shape index (κ3) is 5.42. The summed E-state index contributed by atoms with van der Waals surface area (Å²) in [5.41, 5.74) is 3.58. The second-order valence-corrected chi connectivity index (χ2v) is 7.54. The van der Waals surface area contributed by atoms with Crippen molar-refractivity contribution in [1.82, 2.24) is 10.2 Å². The fraction of sp³-hybridized carbons (Fsp3) is 0.200. The molecular formula is C25H26N4O2. The monoisotopic (exact) mass is 414 g/mol. The third-order valence-corrected chi connectivity index (χ3v) is 5.24. The SMILES string of the molecule is O=C(NCc1ccccc1)Nc1cccc(N2CCCN(Cc3ccccc3)C2=O)c1. The number of hydrogen-bond acceptors (Lipinski definition) is 2. The highest BCUT2D eigenvalue weighted by Crippen LogP contribution is 2.24. The molecule has 158 valence electrons. The van der Waals surface area contributed by atoms with Crippen molar-refractivity contribution in [1.29, 1.82) is 0 Å². The van der Waals surface area contributed by atoms with Crippen LogP contribution in [0, 0.1) is 0 Å². The molecule has 0 unspecified atom stereocenters. The van der Waals surface area contributed by atoms with Crippen LogP contribution in [0.2, 0.25) is 0 Å². The Balaban J connectivity index is 1.38. The topological polar surface area (TPSA) is 64.7 Å². The van der Waals surface area contributed by atoms with E-state index < -0.39 is 0 Å². The Kier molecular flexibility index (Phi) is 6.47. The molecule has 3 aromatic carbocycles. The number of anilines is 2. The molecule has 0 saturated carbocycles. The fourth-order valence-electron chi connectivity index (χ4n) is 3.68. The minimum absolute atomic E-state index is 0.0132. The number of urea groups is 2. The Labute approximate surface area is 182 Å². The Bertz CT molecular complexity index is 1020. The zero-order chi connectivity index (χ0) is 21.5. The van der Waals surface area contributed by atoms with E-state index in [1.165, 1.54) is 0 Å². The maximum Gasteiger partial charge on any atom is 0.324 e. The van der Waals surface area contributed by atoms with E-state index >= 15 is 0 Å². The second-order valence-electron chi connectivity index (χ2n) is 7.54. The van der Waals surface area contributed by atoms with Gasteiger partial charge in [-0.3, -0.25) is 4.90 Å². The van der Waals surface area contributed by atoms with Crippen LogP contribution in [-0.4, -0.2) is 30.1 Å². The minimum Gasteiger partial charge on any atom is -0.334 e. The highest BCUT2D eigenvalue weighted by Gasteiger charge is 2.26. The molecule has 2 N–H and O–H groups in total. The van der Waals surface area contributed by atoms with Crippen molar-refractivity contribution in [2.45, 2.75) is 19.5 Å². The molecule has 0 atom stereocenters. The molecule has 0 radical (unpaired) electrons. The summed E-state index contributed by atoms with van der Waals surface area (Å²) in [7, 11) is 0. The van der Waals surface area contributed by atoms with E-state index in [0.717, 1.165) is 29.8 Å². The van der Waals surface area contributed by atoms with Gasteiger partial charge in [-0.2, -0.15) is 0 Å². The van der Waals surface area contributed by atoms with Gasteiger partial charge in [-0.15, -0.1) is 0 Å². The number of nitrogens with zero attached hydrogens (tertiary/aromatic N) is 2. The molecule has 6 nitrogen and oxygen atoms in total. The molecule has 3 aromatic rings. The van der Waals surface area contributed by atoms with Gasteiger partial charge in [0.25, 0.3) is 0 Å². The van der Waals surface area contributed by atoms with Crippen molar-refractivity contribution in [2.24, 2.45) is 0 Å². The van der Waals surface area contributed by atoms with E-state index in [1.54, 1.807) is 4.90 Å². The minimum atomic E-state index is -0.281. The van der Waals surface area contributed by atoms with E-state index in [4.69, 9.17) is 0 Å². The lowest BCUT2D eigenvalue weighted by Gasteiger charge is -2.35. The number of benzene rings is 3.